The lowest BCUT2D eigenvalue weighted by Crippen LogP contribution is -2.25. The largest absolute Gasteiger partial charge is 0.449 e. The molecule has 0 bridgehead atoms. The number of para-hydroxylation sites is 1. The lowest BCUT2D eigenvalue weighted by atomic mass is 9.70. The van der Waals surface area contributed by atoms with E-state index in [4.69, 9.17) is 9.47 Å². The Morgan fingerprint density at radius 1 is 0.310 bits per heavy atom. The summed E-state index contributed by atoms with van der Waals surface area (Å²) in [7, 11) is 0. The number of hydrogen-bond donors (Lipinski definition) is 0. The minimum absolute atomic E-state index is 0.458. The van der Waals surface area contributed by atoms with Crippen LogP contribution in [0.25, 0.3) is 44.5 Å². The van der Waals surface area contributed by atoms with E-state index in [-0.39, 0.29) is 0 Å². The van der Waals surface area contributed by atoms with Gasteiger partial charge in [-0.3, -0.25) is 0 Å². The molecule has 0 atom stereocenters. The standard InChI is InChI=1S/C55H35NO2/c1-3-13-36(14-4-1)37-23-25-38(26-24-37)39-27-29-41(30-28-39)56(40-15-5-2-6-16-40)42-31-33-50-52(35-42)58-54-51(57-50)34-32-49-53(54)45-19-9-12-22-48(45)55(49)46-20-10-7-17-43(46)44-18-8-11-21-47(44)55/h1-35H. The quantitative estimate of drug-likeness (QED) is 0.175. The first kappa shape index (κ1) is 32.6. The van der Waals surface area contributed by atoms with Crippen LogP contribution in [-0.2, 0) is 5.41 Å². The van der Waals surface area contributed by atoms with Crippen molar-refractivity contribution in [3.05, 3.63) is 235 Å². The van der Waals surface area contributed by atoms with Crippen LogP contribution >= 0.6 is 0 Å². The first-order chi connectivity index (χ1) is 28.8. The Kier molecular flexibility index (Phi) is 7.14. The van der Waals surface area contributed by atoms with Gasteiger partial charge in [-0.15, -0.1) is 0 Å². The summed E-state index contributed by atoms with van der Waals surface area (Å²) >= 11 is 0. The van der Waals surface area contributed by atoms with Crippen molar-refractivity contribution in [2.45, 2.75) is 5.41 Å². The molecule has 1 heterocycles. The van der Waals surface area contributed by atoms with Crippen LogP contribution in [0, 0.1) is 0 Å². The molecule has 0 aromatic heterocycles. The van der Waals surface area contributed by atoms with Crippen LogP contribution in [0.4, 0.5) is 17.1 Å². The topological polar surface area (TPSA) is 21.7 Å². The van der Waals surface area contributed by atoms with Crippen molar-refractivity contribution >= 4 is 17.1 Å². The molecule has 58 heavy (non-hydrogen) atoms. The molecule has 1 spiro atoms. The summed E-state index contributed by atoms with van der Waals surface area (Å²) in [5.74, 6) is 2.84. The summed E-state index contributed by atoms with van der Waals surface area (Å²) in [5, 5.41) is 0. The molecule has 0 N–H and O–H groups in total. The van der Waals surface area contributed by atoms with E-state index in [1.165, 1.54) is 55.6 Å². The highest BCUT2D eigenvalue weighted by atomic mass is 16.6. The molecule has 3 nitrogen and oxygen atoms in total. The minimum Gasteiger partial charge on any atom is -0.449 e. The third kappa shape index (κ3) is 4.74. The Morgan fingerprint density at radius 2 is 0.776 bits per heavy atom. The SMILES string of the molecule is c1ccc(-c2ccc(-c3ccc(N(c4ccccc4)c4ccc5c(c4)Oc4c(ccc6c4-c4ccccc4C64c6ccccc6-c6ccccc64)O5)cc3)cc2)cc1. The van der Waals surface area contributed by atoms with E-state index in [9.17, 15) is 0 Å². The van der Waals surface area contributed by atoms with Gasteiger partial charge in [-0.25, -0.2) is 0 Å². The molecule has 272 valence electrons. The predicted octanol–water partition coefficient (Wildman–Crippen LogP) is 14.7. The summed E-state index contributed by atoms with van der Waals surface area (Å²) in [5.41, 5.74) is 17.3. The maximum Gasteiger partial charge on any atom is 0.178 e. The van der Waals surface area contributed by atoms with Gasteiger partial charge in [0.2, 0.25) is 0 Å². The molecule has 9 aromatic rings. The molecule has 2 aliphatic carbocycles. The molecule has 0 radical (unpaired) electrons. The second kappa shape index (κ2) is 12.7. The summed E-state index contributed by atoms with van der Waals surface area (Å²) in [6.45, 7) is 0. The van der Waals surface area contributed by atoms with Crippen molar-refractivity contribution in [1.29, 1.82) is 0 Å². The van der Waals surface area contributed by atoms with E-state index >= 15 is 0 Å². The molecule has 0 fully saturated rings. The highest BCUT2D eigenvalue weighted by Gasteiger charge is 2.53. The van der Waals surface area contributed by atoms with Crippen LogP contribution in [-0.4, -0.2) is 0 Å². The van der Waals surface area contributed by atoms with Gasteiger partial charge in [0, 0.05) is 23.0 Å². The van der Waals surface area contributed by atoms with Crippen LogP contribution in [0.2, 0.25) is 0 Å². The number of anilines is 3. The Labute approximate surface area is 337 Å². The maximum atomic E-state index is 7.09. The molecular weight excluding hydrogens is 707 g/mol. The normalized spacial score (nSPS) is 13.2. The fourth-order valence-corrected chi connectivity index (χ4v) is 9.66. The molecule has 3 aliphatic rings. The fourth-order valence-electron chi connectivity index (χ4n) is 9.66. The van der Waals surface area contributed by atoms with Crippen LogP contribution in [0.3, 0.4) is 0 Å². The molecule has 9 aromatic carbocycles. The second-order valence-electron chi connectivity index (χ2n) is 15.2. The van der Waals surface area contributed by atoms with Gasteiger partial charge in [0.25, 0.3) is 0 Å². The van der Waals surface area contributed by atoms with E-state index in [1.807, 2.05) is 6.07 Å². The minimum atomic E-state index is -0.458. The highest BCUT2D eigenvalue weighted by Crippen LogP contribution is 2.66. The van der Waals surface area contributed by atoms with Gasteiger partial charge in [-0.05, 0) is 104 Å². The molecule has 0 amide bonds. The molecule has 12 rings (SSSR count). The van der Waals surface area contributed by atoms with Gasteiger partial charge in [0.05, 0.1) is 11.1 Å². The first-order valence-electron chi connectivity index (χ1n) is 19.8. The third-order valence-electron chi connectivity index (χ3n) is 12.2. The van der Waals surface area contributed by atoms with E-state index < -0.39 is 5.41 Å². The second-order valence-corrected chi connectivity index (χ2v) is 15.2. The molecule has 0 saturated carbocycles. The zero-order chi connectivity index (χ0) is 38.2. The molecule has 0 unspecified atom stereocenters. The lowest BCUT2D eigenvalue weighted by molar-refractivity contribution is 0.360. The zero-order valence-corrected chi connectivity index (χ0v) is 31.5. The average Bonchev–Trinajstić information content (AvgIpc) is 3.77. The van der Waals surface area contributed by atoms with Crippen LogP contribution in [0.5, 0.6) is 23.0 Å². The van der Waals surface area contributed by atoms with Gasteiger partial charge in [0.1, 0.15) is 0 Å². The highest BCUT2D eigenvalue weighted by molar-refractivity contribution is 5.98. The first-order valence-corrected chi connectivity index (χ1v) is 19.8. The van der Waals surface area contributed by atoms with Crippen molar-refractivity contribution in [2.75, 3.05) is 4.90 Å². The lowest BCUT2D eigenvalue weighted by Gasteiger charge is -2.31. The van der Waals surface area contributed by atoms with E-state index in [0.717, 1.165) is 39.7 Å². The Bertz CT molecular complexity index is 3000. The van der Waals surface area contributed by atoms with Gasteiger partial charge >= 0.3 is 0 Å². The Hall–Kier alpha value is -7.62. The smallest absolute Gasteiger partial charge is 0.178 e. The van der Waals surface area contributed by atoms with E-state index in [0.29, 0.717) is 11.5 Å². The van der Waals surface area contributed by atoms with Gasteiger partial charge in [-0.1, -0.05) is 164 Å². The summed E-state index contributed by atoms with van der Waals surface area (Å²) in [6, 6.07) is 75.7. The van der Waals surface area contributed by atoms with Crippen molar-refractivity contribution in [3.8, 4) is 67.5 Å². The molecular formula is C55H35NO2. The summed E-state index contributed by atoms with van der Waals surface area (Å²) in [6.07, 6.45) is 0. The molecule has 0 saturated heterocycles. The number of hydrogen-bond acceptors (Lipinski definition) is 3. The predicted molar refractivity (Wildman–Crippen MR) is 235 cm³/mol. The Balaban J connectivity index is 0.943. The zero-order valence-electron chi connectivity index (χ0n) is 31.5. The monoisotopic (exact) mass is 741 g/mol. The Morgan fingerprint density at radius 3 is 1.41 bits per heavy atom. The van der Waals surface area contributed by atoms with Crippen molar-refractivity contribution in [2.24, 2.45) is 0 Å². The number of benzene rings is 9. The van der Waals surface area contributed by atoms with Gasteiger partial charge < -0.3 is 14.4 Å². The molecule has 1 aliphatic heterocycles. The van der Waals surface area contributed by atoms with Crippen LogP contribution in [0.15, 0.2) is 212 Å². The van der Waals surface area contributed by atoms with E-state index in [1.54, 1.807) is 0 Å². The number of ether oxygens (including phenoxy) is 2. The summed E-state index contributed by atoms with van der Waals surface area (Å²) in [4.78, 5) is 2.27. The van der Waals surface area contributed by atoms with Crippen molar-refractivity contribution < 1.29 is 9.47 Å². The van der Waals surface area contributed by atoms with Crippen molar-refractivity contribution in [3.63, 3.8) is 0 Å². The number of nitrogens with zero attached hydrogens (tertiary/aromatic N) is 1. The number of fused-ring (bicyclic) bond motifs is 13. The summed E-state index contributed by atoms with van der Waals surface area (Å²) < 4.78 is 13.8. The average molecular weight is 742 g/mol. The van der Waals surface area contributed by atoms with Gasteiger partial charge in [0.15, 0.2) is 23.0 Å². The van der Waals surface area contributed by atoms with Crippen molar-refractivity contribution in [1.82, 2.24) is 0 Å². The number of rotatable bonds is 5. The van der Waals surface area contributed by atoms with E-state index in [2.05, 4.69) is 211 Å². The van der Waals surface area contributed by atoms with Gasteiger partial charge in [-0.2, -0.15) is 0 Å². The third-order valence-corrected chi connectivity index (χ3v) is 12.2. The van der Waals surface area contributed by atoms with Crippen LogP contribution < -0.4 is 14.4 Å². The maximum absolute atomic E-state index is 7.09. The van der Waals surface area contributed by atoms with Crippen LogP contribution in [0.1, 0.15) is 22.3 Å². The fraction of sp³-hybridized carbons (Fsp3) is 0.0182. The molecule has 3 heteroatoms.